The van der Waals surface area contributed by atoms with Gasteiger partial charge in [-0.2, -0.15) is 5.26 Å². The van der Waals surface area contributed by atoms with E-state index in [-0.39, 0.29) is 5.92 Å². The molecule has 1 aliphatic rings. The van der Waals surface area contributed by atoms with Gasteiger partial charge in [0.25, 0.3) is 0 Å². The van der Waals surface area contributed by atoms with Crippen molar-refractivity contribution in [2.75, 3.05) is 0 Å². The Balaban J connectivity index is 0.00000109. The molecular weight excluding hydrogens is 460 g/mol. The number of rotatable bonds is 8. The van der Waals surface area contributed by atoms with Gasteiger partial charge in [0.1, 0.15) is 6.29 Å². The molecule has 0 aliphatic heterocycles. The standard InChI is InChI=1S/C28H28N2OS.2C2H6/c1-18(2)30-28(4,26(16-31)23-9-7-22(8-10-23)21-5-6-21)27-14-25(17-32-27)24-12-19(3)11-20(13-24)15-29;2*1-2/h7-14,16-17,21,26,30H,1,5-6H2,2-4H3;2*1-2H3. The number of thiophene rings is 1. The van der Waals surface area contributed by atoms with E-state index in [1.807, 2.05) is 53.7 Å². The minimum absolute atomic E-state index is 0.369. The molecule has 4 heteroatoms. The highest BCUT2D eigenvalue weighted by Crippen LogP contribution is 2.43. The zero-order valence-electron chi connectivity index (χ0n) is 22.8. The maximum Gasteiger partial charge on any atom is 0.130 e. The van der Waals surface area contributed by atoms with E-state index in [0.29, 0.717) is 11.5 Å². The minimum atomic E-state index is -0.639. The van der Waals surface area contributed by atoms with Crippen molar-refractivity contribution in [3.63, 3.8) is 0 Å². The molecule has 3 aromatic rings. The van der Waals surface area contributed by atoms with Crippen molar-refractivity contribution in [2.24, 2.45) is 0 Å². The summed E-state index contributed by atoms with van der Waals surface area (Å²) >= 11 is 1.62. The quantitative estimate of drug-likeness (QED) is 0.314. The Labute approximate surface area is 221 Å². The van der Waals surface area contributed by atoms with Crippen molar-refractivity contribution in [1.82, 2.24) is 5.32 Å². The first-order chi connectivity index (χ1) is 17.3. The first-order valence-electron chi connectivity index (χ1n) is 12.9. The van der Waals surface area contributed by atoms with Crippen molar-refractivity contribution in [3.05, 3.63) is 93.3 Å². The number of nitrogens with one attached hydrogen (secondary N) is 1. The molecule has 1 aliphatic carbocycles. The lowest BCUT2D eigenvalue weighted by atomic mass is 9.79. The molecule has 1 heterocycles. The summed E-state index contributed by atoms with van der Waals surface area (Å²) in [5, 5.41) is 15.0. The second kappa shape index (κ2) is 13.2. The van der Waals surface area contributed by atoms with Gasteiger partial charge in [-0.3, -0.25) is 0 Å². The van der Waals surface area contributed by atoms with Gasteiger partial charge in [0, 0.05) is 10.6 Å². The average molecular weight is 501 g/mol. The van der Waals surface area contributed by atoms with Crippen LogP contribution in [0.15, 0.2) is 66.2 Å². The molecule has 0 amide bonds. The second-order valence-corrected chi connectivity index (χ2v) is 9.97. The van der Waals surface area contributed by atoms with E-state index >= 15 is 0 Å². The highest BCUT2D eigenvalue weighted by Gasteiger charge is 2.38. The highest BCUT2D eigenvalue weighted by molar-refractivity contribution is 7.10. The molecule has 2 unspecified atom stereocenters. The first-order valence-corrected chi connectivity index (χ1v) is 13.8. The molecule has 0 spiro atoms. The summed E-state index contributed by atoms with van der Waals surface area (Å²) < 4.78 is 0. The number of nitriles is 1. The maximum atomic E-state index is 12.4. The summed E-state index contributed by atoms with van der Waals surface area (Å²) in [4.78, 5) is 13.5. The third-order valence-electron chi connectivity index (χ3n) is 6.23. The van der Waals surface area contributed by atoms with E-state index in [4.69, 9.17) is 0 Å². The van der Waals surface area contributed by atoms with E-state index in [1.54, 1.807) is 11.3 Å². The molecule has 36 heavy (non-hydrogen) atoms. The SMILES string of the molecule is C=C(C)NC(C)(c1cc(-c2cc(C)cc(C#N)c2)cs1)C(C=O)c1ccc(C2CC2)cc1.CC.CC. The molecule has 1 fully saturated rings. The van der Waals surface area contributed by atoms with Gasteiger partial charge in [0.15, 0.2) is 0 Å². The lowest BCUT2D eigenvalue weighted by molar-refractivity contribution is -0.110. The lowest BCUT2D eigenvalue weighted by Gasteiger charge is -2.36. The number of carbonyl (C=O) groups excluding carboxylic acids is 1. The molecule has 1 N–H and O–H groups in total. The molecule has 2 aromatic carbocycles. The van der Waals surface area contributed by atoms with Gasteiger partial charge in [-0.1, -0.05) is 64.6 Å². The number of nitrogens with zero attached hydrogens (tertiary/aromatic N) is 1. The van der Waals surface area contributed by atoms with Crippen LogP contribution in [0.2, 0.25) is 0 Å². The first kappa shape index (κ1) is 29.1. The van der Waals surface area contributed by atoms with Crippen LogP contribution in [0.1, 0.15) is 93.4 Å². The molecule has 2 atom stereocenters. The largest absolute Gasteiger partial charge is 0.378 e. The Morgan fingerprint density at radius 3 is 2.28 bits per heavy atom. The molecule has 1 saturated carbocycles. The highest BCUT2D eigenvalue weighted by atomic mass is 32.1. The predicted octanol–water partition coefficient (Wildman–Crippen LogP) is 8.85. The van der Waals surface area contributed by atoms with Gasteiger partial charge in [0.2, 0.25) is 0 Å². The van der Waals surface area contributed by atoms with Crippen LogP contribution in [0.4, 0.5) is 0 Å². The van der Waals surface area contributed by atoms with Gasteiger partial charge in [-0.05, 0) is 90.9 Å². The number of hydrogen-bond acceptors (Lipinski definition) is 4. The summed E-state index contributed by atoms with van der Waals surface area (Å²) in [6.07, 6.45) is 3.56. The van der Waals surface area contributed by atoms with Gasteiger partial charge >= 0.3 is 0 Å². The minimum Gasteiger partial charge on any atom is -0.378 e. The molecule has 0 radical (unpaired) electrons. The number of hydrogen-bond donors (Lipinski definition) is 1. The fourth-order valence-electron chi connectivity index (χ4n) is 4.45. The van der Waals surface area contributed by atoms with E-state index < -0.39 is 5.54 Å². The number of carbonyl (C=O) groups is 1. The summed E-state index contributed by atoms with van der Waals surface area (Å²) in [5.41, 5.74) is 6.29. The van der Waals surface area contributed by atoms with Gasteiger partial charge in [-0.25, -0.2) is 0 Å². The lowest BCUT2D eigenvalue weighted by Crippen LogP contribution is -2.43. The maximum absolute atomic E-state index is 12.4. The third kappa shape index (κ3) is 6.74. The van der Waals surface area contributed by atoms with Gasteiger partial charge in [0.05, 0.1) is 23.1 Å². The monoisotopic (exact) mass is 500 g/mol. The van der Waals surface area contributed by atoms with Crippen molar-refractivity contribution in [1.29, 1.82) is 5.26 Å². The van der Waals surface area contributed by atoms with Crippen molar-refractivity contribution in [3.8, 4) is 17.2 Å². The van der Waals surface area contributed by atoms with Crippen LogP contribution < -0.4 is 5.32 Å². The van der Waals surface area contributed by atoms with Gasteiger partial charge in [-0.15, -0.1) is 11.3 Å². The zero-order chi connectivity index (χ0) is 26.9. The van der Waals surface area contributed by atoms with Crippen molar-refractivity contribution in [2.45, 2.75) is 78.7 Å². The van der Waals surface area contributed by atoms with E-state index in [2.05, 4.69) is 66.7 Å². The number of aryl methyl sites for hydroxylation is 1. The number of aldehydes is 1. The fraction of sp³-hybridized carbons (Fsp3) is 0.375. The molecule has 3 nitrogen and oxygen atoms in total. The van der Waals surface area contributed by atoms with E-state index in [9.17, 15) is 10.1 Å². The Morgan fingerprint density at radius 1 is 1.11 bits per heavy atom. The molecular formula is C32H40N2OS. The molecule has 190 valence electrons. The summed E-state index contributed by atoms with van der Waals surface area (Å²) in [6.45, 7) is 18.1. The molecule has 1 aromatic heterocycles. The summed E-state index contributed by atoms with van der Waals surface area (Å²) in [7, 11) is 0. The van der Waals surface area contributed by atoms with Crippen LogP contribution >= 0.6 is 11.3 Å². The van der Waals surface area contributed by atoms with Crippen LogP contribution in [0.25, 0.3) is 11.1 Å². The average Bonchev–Trinajstić information content (AvgIpc) is 3.61. The summed E-state index contributed by atoms with van der Waals surface area (Å²) in [6, 6.07) is 18.8. The Morgan fingerprint density at radius 2 is 1.75 bits per heavy atom. The molecule has 4 rings (SSSR count). The van der Waals surface area contributed by atoms with Crippen LogP contribution in [0.3, 0.4) is 0 Å². The van der Waals surface area contributed by atoms with Crippen LogP contribution in [0.5, 0.6) is 0 Å². The van der Waals surface area contributed by atoms with E-state index in [0.717, 1.165) is 39.1 Å². The Hall–Kier alpha value is -3.16. The fourth-order valence-corrected chi connectivity index (χ4v) is 5.53. The smallest absolute Gasteiger partial charge is 0.130 e. The van der Waals surface area contributed by atoms with Crippen LogP contribution in [-0.2, 0) is 10.3 Å². The zero-order valence-corrected chi connectivity index (χ0v) is 23.6. The Kier molecular flexibility index (Phi) is 10.7. The third-order valence-corrected chi connectivity index (χ3v) is 7.39. The van der Waals surface area contributed by atoms with E-state index in [1.165, 1.54) is 18.4 Å². The number of allylic oxidation sites excluding steroid dienone is 1. The number of benzene rings is 2. The predicted molar refractivity (Wildman–Crippen MR) is 154 cm³/mol. The van der Waals surface area contributed by atoms with Crippen LogP contribution in [0, 0.1) is 18.3 Å². The normalized spacial score (nSPS) is 14.5. The molecule has 0 saturated heterocycles. The molecule has 0 bridgehead atoms. The Bertz CT molecular complexity index is 1200. The summed E-state index contributed by atoms with van der Waals surface area (Å²) in [5.74, 6) is 0.317. The van der Waals surface area contributed by atoms with Crippen LogP contribution in [-0.4, -0.2) is 6.29 Å². The van der Waals surface area contributed by atoms with Crippen molar-refractivity contribution < 1.29 is 4.79 Å². The van der Waals surface area contributed by atoms with Gasteiger partial charge < -0.3 is 10.1 Å². The second-order valence-electron chi connectivity index (χ2n) is 9.06. The topological polar surface area (TPSA) is 52.9 Å². The van der Waals surface area contributed by atoms with Crippen molar-refractivity contribution >= 4 is 17.6 Å².